The number of amides is 1. The van der Waals surface area contributed by atoms with E-state index in [1.165, 1.54) is 0 Å². The molecule has 0 saturated carbocycles. The summed E-state index contributed by atoms with van der Waals surface area (Å²) in [7, 11) is 0. The topological polar surface area (TPSA) is 94.3 Å². The third-order valence-electron chi connectivity index (χ3n) is 4.93. The number of para-hydroxylation sites is 1. The van der Waals surface area contributed by atoms with Crippen LogP contribution >= 0.6 is 0 Å². The van der Waals surface area contributed by atoms with E-state index >= 15 is 0 Å². The number of pyridine rings is 1. The quantitative estimate of drug-likeness (QED) is 0.411. The van der Waals surface area contributed by atoms with Gasteiger partial charge in [0.15, 0.2) is 5.78 Å². The number of hydrogen-bond donors (Lipinski definition) is 2. The van der Waals surface area contributed by atoms with Crippen LogP contribution in [0.1, 0.15) is 52.5 Å². The zero-order chi connectivity index (χ0) is 22.2. The van der Waals surface area contributed by atoms with E-state index in [1.54, 1.807) is 24.4 Å². The number of aromatic nitrogens is 1. The van der Waals surface area contributed by atoms with Gasteiger partial charge in [-0.15, -0.1) is 0 Å². The number of Topliss-reactive ketones (excluding diaryl/α,β-unsaturated/α-hetero) is 1. The van der Waals surface area contributed by atoms with Crippen molar-refractivity contribution in [3.63, 3.8) is 0 Å². The van der Waals surface area contributed by atoms with Gasteiger partial charge in [0.1, 0.15) is 6.61 Å². The molecule has 1 amide bonds. The van der Waals surface area contributed by atoms with Crippen molar-refractivity contribution in [2.24, 2.45) is 0 Å². The molecule has 31 heavy (non-hydrogen) atoms. The molecule has 0 radical (unpaired) electrons. The van der Waals surface area contributed by atoms with Crippen LogP contribution < -0.4 is 11.1 Å². The SMILES string of the molecule is CC(C)c1ccc(COC(=O)NCc2ccc(C(=O)Cc3ccccc3N)cc2)cn1. The number of nitrogens with one attached hydrogen (secondary N) is 1. The summed E-state index contributed by atoms with van der Waals surface area (Å²) in [5.41, 5.74) is 10.7. The van der Waals surface area contributed by atoms with Crippen LogP contribution in [0.4, 0.5) is 10.5 Å². The van der Waals surface area contributed by atoms with Gasteiger partial charge in [-0.1, -0.05) is 62.4 Å². The van der Waals surface area contributed by atoms with Crippen LogP contribution in [0.3, 0.4) is 0 Å². The van der Waals surface area contributed by atoms with Gasteiger partial charge in [-0.3, -0.25) is 9.78 Å². The van der Waals surface area contributed by atoms with Crippen LogP contribution in [-0.2, 0) is 24.3 Å². The third kappa shape index (κ3) is 6.40. The Balaban J connectivity index is 1.45. The highest BCUT2D eigenvalue weighted by molar-refractivity contribution is 5.98. The first kappa shape index (κ1) is 22.0. The van der Waals surface area contributed by atoms with Crippen molar-refractivity contribution in [3.8, 4) is 0 Å². The minimum absolute atomic E-state index is 0.00564. The van der Waals surface area contributed by atoms with Crippen LogP contribution in [0, 0.1) is 0 Å². The third-order valence-corrected chi connectivity index (χ3v) is 4.93. The van der Waals surface area contributed by atoms with Gasteiger partial charge in [-0.2, -0.15) is 0 Å². The number of nitrogens with two attached hydrogens (primary N) is 1. The van der Waals surface area contributed by atoms with E-state index in [1.807, 2.05) is 42.5 Å². The van der Waals surface area contributed by atoms with Crippen LogP contribution in [-0.4, -0.2) is 16.9 Å². The monoisotopic (exact) mass is 417 g/mol. The second-order valence-electron chi connectivity index (χ2n) is 7.67. The molecule has 0 aliphatic heterocycles. The molecule has 1 aromatic heterocycles. The minimum Gasteiger partial charge on any atom is -0.445 e. The predicted octanol–water partition coefficient (Wildman–Crippen LogP) is 4.64. The molecule has 3 N–H and O–H groups in total. The number of nitrogen functional groups attached to an aromatic ring is 1. The highest BCUT2D eigenvalue weighted by atomic mass is 16.5. The Labute approximate surface area is 182 Å². The minimum atomic E-state index is -0.507. The molecule has 0 saturated heterocycles. The molecule has 0 unspecified atom stereocenters. The number of ketones is 1. The molecule has 3 aromatic rings. The number of rotatable bonds is 8. The molecule has 6 heteroatoms. The molecule has 0 fully saturated rings. The fourth-order valence-electron chi connectivity index (χ4n) is 3.02. The largest absolute Gasteiger partial charge is 0.445 e. The van der Waals surface area contributed by atoms with E-state index in [-0.39, 0.29) is 18.8 Å². The van der Waals surface area contributed by atoms with Crippen molar-refractivity contribution in [2.45, 2.75) is 39.3 Å². The number of nitrogens with zero attached hydrogens (tertiary/aromatic N) is 1. The Hall–Kier alpha value is -3.67. The Kier molecular flexibility index (Phi) is 7.38. The summed E-state index contributed by atoms with van der Waals surface area (Å²) in [5.74, 6) is 0.352. The second kappa shape index (κ2) is 10.4. The summed E-state index contributed by atoms with van der Waals surface area (Å²) in [5, 5.41) is 2.71. The van der Waals surface area contributed by atoms with Crippen molar-refractivity contribution < 1.29 is 14.3 Å². The first-order valence-corrected chi connectivity index (χ1v) is 10.2. The Morgan fingerprint density at radius 3 is 2.35 bits per heavy atom. The molecule has 0 aliphatic rings. The van der Waals surface area contributed by atoms with Crippen molar-refractivity contribution >= 4 is 17.6 Å². The number of carbonyl (C=O) groups excluding carboxylic acids is 2. The molecule has 2 aromatic carbocycles. The summed E-state index contributed by atoms with van der Waals surface area (Å²) in [6.07, 6.45) is 1.47. The fourth-order valence-corrected chi connectivity index (χ4v) is 3.02. The summed E-state index contributed by atoms with van der Waals surface area (Å²) >= 11 is 0. The van der Waals surface area contributed by atoms with Crippen LogP contribution in [0.15, 0.2) is 66.9 Å². The molecule has 160 valence electrons. The normalized spacial score (nSPS) is 10.7. The van der Waals surface area contributed by atoms with Crippen molar-refractivity contribution in [2.75, 3.05) is 5.73 Å². The molecule has 0 spiro atoms. The summed E-state index contributed by atoms with van der Waals surface area (Å²) in [6.45, 7) is 4.62. The van der Waals surface area contributed by atoms with Gasteiger partial charge in [0.25, 0.3) is 0 Å². The van der Waals surface area contributed by atoms with E-state index in [0.29, 0.717) is 23.7 Å². The van der Waals surface area contributed by atoms with Gasteiger partial charge in [0, 0.05) is 41.7 Å². The zero-order valence-electron chi connectivity index (χ0n) is 17.8. The molecular weight excluding hydrogens is 390 g/mol. The van der Waals surface area contributed by atoms with E-state index in [4.69, 9.17) is 10.5 Å². The van der Waals surface area contributed by atoms with E-state index in [9.17, 15) is 9.59 Å². The number of alkyl carbamates (subject to hydrolysis) is 1. The smallest absolute Gasteiger partial charge is 0.407 e. The lowest BCUT2D eigenvalue weighted by molar-refractivity contribution is 0.0993. The van der Waals surface area contributed by atoms with Gasteiger partial charge < -0.3 is 15.8 Å². The van der Waals surface area contributed by atoms with Crippen molar-refractivity contribution in [1.29, 1.82) is 0 Å². The lowest BCUT2D eigenvalue weighted by Gasteiger charge is -2.09. The lowest BCUT2D eigenvalue weighted by Crippen LogP contribution is -2.23. The first-order chi connectivity index (χ1) is 14.9. The molecule has 6 nitrogen and oxygen atoms in total. The van der Waals surface area contributed by atoms with Gasteiger partial charge in [-0.25, -0.2) is 4.79 Å². The van der Waals surface area contributed by atoms with Gasteiger partial charge in [-0.05, 0) is 29.2 Å². The van der Waals surface area contributed by atoms with Crippen molar-refractivity contribution in [1.82, 2.24) is 10.3 Å². The number of benzene rings is 2. The van der Waals surface area contributed by atoms with Gasteiger partial charge in [0.2, 0.25) is 0 Å². The standard InChI is InChI=1S/C25H27N3O3/c1-17(2)23-12-9-19(15-27-23)16-31-25(30)28-14-18-7-10-20(11-8-18)24(29)13-21-5-3-4-6-22(21)26/h3-12,15,17H,13-14,16,26H2,1-2H3,(H,28,30). The summed E-state index contributed by atoms with van der Waals surface area (Å²) in [6, 6.07) is 18.3. The zero-order valence-corrected chi connectivity index (χ0v) is 17.8. The maximum atomic E-state index is 12.5. The summed E-state index contributed by atoms with van der Waals surface area (Å²) < 4.78 is 5.23. The van der Waals surface area contributed by atoms with Crippen LogP contribution in [0.5, 0.6) is 0 Å². The molecule has 0 aliphatic carbocycles. The predicted molar refractivity (Wildman–Crippen MR) is 121 cm³/mol. The Bertz CT molecular complexity index is 1030. The Morgan fingerprint density at radius 2 is 1.71 bits per heavy atom. The highest BCUT2D eigenvalue weighted by Crippen LogP contribution is 2.15. The van der Waals surface area contributed by atoms with E-state index in [2.05, 4.69) is 24.1 Å². The van der Waals surface area contributed by atoms with Gasteiger partial charge >= 0.3 is 6.09 Å². The van der Waals surface area contributed by atoms with Crippen LogP contribution in [0.25, 0.3) is 0 Å². The lowest BCUT2D eigenvalue weighted by atomic mass is 10.0. The number of hydrogen-bond acceptors (Lipinski definition) is 5. The highest BCUT2D eigenvalue weighted by Gasteiger charge is 2.10. The van der Waals surface area contributed by atoms with Crippen molar-refractivity contribution in [3.05, 3.63) is 94.8 Å². The molecule has 0 bridgehead atoms. The molecular formula is C25H27N3O3. The number of anilines is 1. The van der Waals surface area contributed by atoms with Crippen LogP contribution in [0.2, 0.25) is 0 Å². The van der Waals surface area contributed by atoms with Gasteiger partial charge in [0.05, 0.1) is 0 Å². The average Bonchev–Trinajstić information content (AvgIpc) is 2.78. The maximum absolute atomic E-state index is 12.5. The van der Waals surface area contributed by atoms with E-state index < -0.39 is 6.09 Å². The maximum Gasteiger partial charge on any atom is 0.407 e. The molecule has 3 rings (SSSR count). The second-order valence-corrected chi connectivity index (χ2v) is 7.67. The number of ether oxygens (including phenoxy) is 1. The first-order valence-electron chi connectivity index (χ1n) is 10.2. The fraction of sp³-hybridized carbons (Fsp3) is 0.240. The Morgan fingerprint density at radius 1 is 1.00 bits per heavy atom. The summed E-state index contributed by atoms with van der Waals surface area (Å²) in [4.78, 5) is 28.8. The van der Waals surface area contributed by atoms with E-state index in [0.717, 1.165) is 22.4 Å². The molecule has 0 atom stereocenters. The molecule has 1 heterocycles. The average molecular weight is 418 g/mol. The number of carbonyl (C=O) groups is 2.